The van der Waals surface area contributed by atoms with E-state index in [4.69, 9.17) is 5.73 Å². The number of guanidine groups is 1. The minimum Gasteiger partial charge on any atom is -0.369 e. The standard InChI is InChI=1S/C6H12N4/c7-6-8-5-3-1-2-4-10(5)9-6/h5H,1-4H2,(H3,7,8,9). The van der Waals surface area contributed by atoms with E-state index in [-0.39, 0.29) is 0 Å². The van der Waals surface area contributed by atoms with Crippen molar-refractivity contribution in [2.45, 2.75) is 25.4 Å². The Bertz CT molecular complexity index is 165. The molecule has 0 aliphatic carbocycles. The van der Waals surface area contributed by atoms with Crippen LogP contribution in [0.3, 0.4) is 0 Å². The van der Waals surface area contributed by atoms with Crippen LogP contribution in [0, 0.1) is 0 Å². The number of fused-ring (bicyclic) bond motifs is 1. The lowest BCUT2D eigenvalue weighted by Crippen LogP contribution is -2.45. The molecule has 0 aromatic rings. The van der Waals surface area contributed by atoms with Gasteiger partial charge in [0.1, 0.15) is 6.17 Å². The van der Waals surface area contributed by atoms with E-state index >= 15 is 0 Å². The molecule has 1 atom stereocenters. The zero-order chi connectivity index (χ0) is 6.97. The monoisotopic (exact) mass is 140 g/mol. The first kappa shape index (κ1) is 5.97. The summed E-state index contributed by atoms with van der Waals surface area (Å²) in [6, 6.07) is 0. The molecule has 0 spiro atoms. The fourth-order valence-electron chi connectivity index (χ4n) is 1.52. The molecule has 0 saturated carbocycles. The van der Waals surface area contributed by atoms with E-state index in [1.807, 2.05) is 0 Å². The molecule has 2 aliphatic rings. The van der Waals surface area contributed by atoms with Crippen LogP contribution in [0.25, 0.3) is 0 Å². The predicted octanol–water partition coefficient (Wildman–Crippen LogP) is -0.369. The molecule has 1 fully saturated rings. The van der Waals surface area contributed by atoms with Gasteiger partial charge in [-0.2, -0.15) is 5.01 Å². The minimum absolute atomic E-state index is 0.328. The van der Waals surface area contributed by atoms with Crippen molar-refractivity contribution in [3.63, 3.8) is 0 Å². The van der Waals surface area contributed by atoms with E-state index in [0.717, 1.165) is 13.0 Å². The second kappa shape index (κ2) is 2.12. The van der Waals surface area contributed by atoms with Gasteiger partial charge in [-0.3, -0.25) is 5.43 Å². The van der Waals surface area contributed by atoms with Crippen molar-refractivity contribution in [2.75, 3.05) is 6.54 Å². The summed E-state index contributed by atoms with van der Waals surface area (Å²) in [6.45, 7) is 1.08. The smallest absolute Gasteiger partial charge is 0.205 e. The van der Waals surface area contributed by atoms with E-state index in [0.29, 0.717) is 12.1 Å². The maximum Gasteiger partial charge on any atom is 0.205 e. The van der Waals surface area contributed by atoms with Gasteiger partial charge in [0.25, 0.3) is 0 Å². The summed E-state index contributed by atoms with van der Waals surface area (Å²) in [5.74, 6) is 0.576. The maximum atomic E-state index is 5.49. The highest BCUT2D eigenvalue weighted by atomic mass is 15.6. The van der Waals surface area contributed by atoms with Crippen molar-refractivity contribution >= 4 is 5.96 Å². The first-order chi connectivity index (χ1) is 4.86. The van der Waals surface area contributed by atoms with Crippen LogP contribution in [-0.4, -0.2) is 23.7 Å². The normalized spacial score (nSPS) is 32.8. The highest BCUT2D eigenvalue weighted by Crippen LogP contribution is 2.18. The van der Waals surface area contributed by atoms with Gasteiger partial charge >= 0.3 is 0 Å². The summed E-state index contributed by atoms with van der Waals surface area (Å²) in [5.41, 5.74) is 8.51. The van der Waals surface area contributed by atoms with E-state index in [2.05, 4.69) is 15.4 Å². The molecule has 2 aliphatic heterocycles. The molecular formula is C6H12N4. The number of hydrogen-bond donors (Lipinski definition) is 2. The number of hydrazine groups is 1. The number of piperidine rings is 1. The number of aliphatic imine (C=N–C) groups is 1. The molecule has 0 aromatic carbocycles. The van der Waals surface area contributed by atoms with Gasteiger partial charge in [-0.1, -0.05) is 0 Å². The molecule has 4 nitrogen and oxygen atoms in total. The second-order valence-corrected chi connectivity index (χ2v) is 2.80. The molecule has 0 aromatic heterocycles. The zero-order valence-electron chi connectivity index (χ0n) is 5.88. The van der Waals surface area contributed by atoms with E-state index in [1.54, 1.807) is 0 Å². The van der Waals surface area contributed by atoms with Crippen molar-refractivity contribution in [1.82, 2.24) is 10.4 Å². The molecule has 1 unspecified atom stereocenters. The van der Waals surface area contributed by atoms with Gasteiger partial charge in [-0.15, -0.1) is 0 Å². The lowest BCUT2D eigenvalue weighted by molar-refractivity contribution is 0.143. The van der Waals surface area contributed by atoms with E-state index in [1.165, 1.54) is 12.8 Å². The van der Waals surface area contributed by atoms with Crippen molar-refractivity contribution in [1.29, 1.82) is 0 Å². The number of nitrogens with one attached hydrogen (secondary N) is 1. The molecule has 10 heavy (non-hydrogen) atoms. The number of hydrogen-bond acceptors (Lipinski definition) is 4. The van der Waals surface area contributed by atoms with E-state index in [9.17, 15) is 0 Å². The molecule has 4 heteroatoms. The predicted molar refractivity (Wildman–Crippen MR) is 39.1 cm³/mol. The number of rotatable bonds is 0. The zero-order valence-corrected chi connectivity index (χ0v) is 5.88. The molecule has 2 heterocycles. The van der Waals surface area contributed by atoms with Crippen LogP contribution in [0.5, 0.6) is 0 Å². The number of nitrogens with two attached hydrogens (primary N) is 1. The minimum atomic E-state index is 0.328. The summed E-state index contributed by atoms with van der Waals surface area (Å²) >= 11 is 0. The molecule has 3 N–H and O–H groups in total. The summed E-state index contributed by atoms with van der Waals surface area (Å²) < 4.78 is 0. The quantitative estimate of drug-likeness (QED) is 0.482. The maximum absolute atomic E-state index is 5.49. The van der Waals surface area contributed by atoms with Crippen molar-refractivity contribution in [3.05, 3.63) is 0 Å². The highest BCUT2D eigenvalue weighted by Gasteiger charge is 2.26. The molecule has 2 rings (SSSR count). The van der Waals surface area contributed by atoms with E-state index < -0.39 is 0 Å². The molecule has 0 radical (unpaired) electrons. The van der Waals surface area contributed by atoms with Gasteiger partial charge in [0, 0.05) is 6.54 Å². The Morgan fingerprint density at radius 3 is 3.30 bits per heavy atom. The summed E-state index contributed by atoms with van der Waals surface area (Å²) in [5, 5.41) is 2.11. The fraction of sp³-hybridized carbons (Fsp3) is 0.833. The van der Waals surface area contributed by atoms with Crippen molar-refractivity contribution in [3.8, 4) is 0 Å². The molecule has 0 amide bonds. The van der Waals surface area contributed by atoms with Gasteiger partial charge in [-0.05, 0) is 19.3 Å². The Balaban J connectivity index is 2.06. The van der Waals surface area contributed by atoms with Crippen LogP contribution in [-0.2, 0) is 0 Å². The van der Waals surface area contributed by atoms with Crippen LogP contribution in [0.2, 0.25) is 0 Å². The summed E-state index contributed by atoms with van der Waals surface area (Å²) in [7, 11) is 0. The largest absolute Gasteiger partial charge is 0.369 e. The van der Waals surface area contributed by atoms with Crippen molar-refractivity contribution in [2.24, 2.45) is 10.7 Å². The Morgan fingerprint density at radius 1 is 1.60 bits per heavy atom. The topological polar surface area (TPSA) is 53.6 Å². The van der Waals surface area contributed by atoms with Crippen molar-refractivity contribution < 1.29 is 0 Å². The van der Waals surface area contributed by atoms with Gasteiger partial charge in [-0.25, -0.2) is 4.99 Å². The Hall–Kier alpha value is -0.770. The molecular weight excluding hydrogens is 128 g/mol. The second-order valence-electron chi connectivity index (χ2n) is 2.80. The van der Waals surface area contributed by atoms with Crippen LogP contribution in [0.4, 0.5) is 0 Å². The first-order valence-electron chi connectivity index (χ1n) is 3.73. The highest BCUT2D eigenvalue weighted by molar-refractivity contribution is 5.78. The average molecular weight is 140 g/mol. The van der Waals surface area contributed by atoms with Gasteiger partial charge < -0.3 is 5.73 Å². The average Bonchev–Trinajstić information content (AvgIpc) is 2.27. The Kier molecular flexibility index (Phi) is 1.27. The molecule has 1 saturated heterocycles. The SMILES string of the molecule is NC1=NC2CCCCN2N1. The third-order valence-electron chi connectivity index (χ3n) is 2.02. The molecule has 56 valence electrons. The third-order valence-corrected chi connectivity index (χ3v) is 2.02. The first-order valence-corrected chi connectivity index (χ1v) is 3.73. The fourth-order valence-corrected chi connectivity index (χ4v) is 1.52. The van der Waals surface area contributed by atoms with Crippen LogP contribution in [0.1, 0.15) is 19.3 Å². The Morgan fingerprint density at radius 2 is 2.50 bits per heavy atom. The van der Waals surface area contributed by atoms with Gasteiger partial charge in [0.2, 0.25) is 5.96 Å². The summed E-state index contributed by atoms with van der Waals surface area (Å²) in [4.78, 5) is 4.22. The van der Waals surface area contributed by atoms with Crippen LogP contribution in [0.15, 0.2) is 4.99 Å². The van der Waals surface area contributed by atoms with Crippen LogP contribution < -0.4 is 11.2 Å². The lowest BCUT2D eigenvalue weighted by atomic mass is 10.1. The third kappa shape index (κ3) is 0.844. The van der Waals surface area contributed by atoms with Gasteiger partial charge in [0.05, 0.1) is 0 Å². The number of nitrogens with zero attached hydrogens (tertiary/aromatic N) is 2. The van der Waals surface area contributed by atoms with Crippen LogP contribution >= 0.6 is 0 Å². The molecule has 0 bridgehead atoms. The Labute approximate surface area is 60.1 Å². The lowest BCUT2D eigenvalue weighted by Gasteiger charge is -2.26. The van der Waals surface area contributed by atoms with Gasteiger partial charge in [0.15, 0.2) is 0 Å². The summed E-state index contributed by atoms with van der Waals surface area (Å²) in [6.07, 6.45) is 4.01.